The number of hydrogen-bond donors (Lipinski definition) is 2. The number of urea groups is 1. The van der Waals surface area contributed by atoms with Crippen LogP contribution < -0.4 is 10.6 Å². The molecule has 2 aromatic rings. The summed E-state index contributed by atoms with van der Waals surface area (Å²) in [5.74, 6) is -1.36. The topological polar surface area (TPSA) is 105 Å². The molecule has 3 rings (SSSR count). The molecule has 8 heteroatoms. The maximum absolute atomic E-state index is 13.0. The summed E-state index contributed by atoms with van der Waals surface area (Å²) in [6.07, 6.45) is 0. The molecule has 1 atom stereocenters. The van der Waals surface area contributed by atoms with Crippen LogP contribution in [0.4, 0.5) is 4.79 Å². The number of nitrogens with one attached hydrogen (secondary N) is 2. The van der Waals surface area contributed by atoms with Crippen molar-refractivity contribution in [2.45, 2.75) is 45.9 Å². The number of hydrogen-bond acceptors (Lipinski definition) is 5. The van der Waals surface area contributed by atoms with Gasteiger partial charge in [0, 0.05) is 5.56 Å². The second-order valence-electron chi connectivity index (χ2n) is 8.69. The molecule has 1 heterocycles. The Morgan fingerprint density at radius 2 is 1.84 bits per heavy atom. The van der Waals surface area contributed by atoms with Crippen LogP contribution in [0.1, 0.15) is 53.9 Å². The van der Waals surface area contributed by atoms with E-state index >= 15 is 0 Å². The molecule has 0 spiro atoms. The Labute approximate surface area is 186 Å². The first kappa shape index (κ1) is 23.0. The lowest BCUT2D eigenvalue weighted by atomic mass is 10.0. The van der Waals surface area contributed by atoms with Crippen molar-refractivity contribution >= 4 is 23.8 Å². The quantitative estimate of drug-likeness (QED) is 0.534. The monoisotopic (exact) mass is 437 g/mol. The zero-order chi connectivity index (χ0) is 23.5. The molecule has 1 fully saturated rings. The van der Waals surface area contributed by atoms with Crippen molar-refractivity contribution in [3.8, 4) is 0 Å². The van der Waals surface area contributed by atoms with Crippen LogP contribution in [-0.2, 0) is 20.9 Å². The second-order valence-corrected chi connectivity index (χ2v) is 8.69. The Morgan fingerprint density at radius 3 is 2.47 bits per heavy atom. The molecule has 2 N–H and O–H groups in total. The highest BCUT2D eigenvalue weighted by atomic mass is 16.6. The van der Waals surface area contributed by atoms with E-state index in [0.29, 0.717) is 16.7 Å². The van der Waals surface area contributed by atoms with Gasteiger partial charge in [0.05, 0.1) is 13.1 Å². The smallest absolute Gasteiger partial charge is 0.333 e. The van der Waals surface area contributed by atoms with Gasteiger partial charge in [-0.1, -0.05) is 42.0 Å². The minimum absolute atomic E-state index is 0.0347. The van der Waals surface area contributed by atoms with Crippen LogP contribution in [-0.4, -0.2) is 40.9 Å². The number of benzene rings is 2. The van der Waals surface area contributed by atoms with E-state index in [1.54, 1.807) is 51.1 Å². The number of amides is 4. The standard InChI is InChI=1S/C24H27N3O5/c1-15-7-5-9-17(11-15)20(22(30)32-24(2,3)4)26-21(29)18-10-6-8-16(12-18)14-27-19(28)13-25-23(27)31/h5-12,20H,13-14H2,1-4H3,(H,25,31)(H,26,29). The van der Waals surface area contributed by atoms with Gasteiger partial charge in [0.2, 0.25) is 5.91 Å². The van der Waals surface area contributed by atoms with Crippen LogP contribution in [0.25, 0.3) is 0 Å². The van der Waals surface area contributed by atoms with Crippen LogP contribution in [0, 0.1) is 6.92 Å². The van der Waals surface area contributed by atoms with Gasteiger partial charge in [-0.3, -0.25) is 14.5 Å². The number of esters is 1. The van der Waals surface area contributed by atoms with Crippen molar-refractivity contribution < 1.29 is 23.9 Å². The van der Waals surface area contributed by atoms with Gasteiger partial charge in [0.15, 0.2) is 6.04 Å². The van der Waals surface area contributed by atoms with Gasteiger partial charge >= 0.3 is 12.0 Å². The highest BCUT2D eigenvalue weighted by molar-refractivity contribution is 6.02. The average Bonchev–Trinajstić information content (AvgIpc) is 3.02. The molecule has 1 saturated heterocycles. The lowest BCUT2D eigenvalue weighted by Gasteiger charge is -2.25. The van der Waals surface area contributed by atoms with E-state index in [1.807, 2.05) is 25.1 Å². The number of aryl methyl sites for hydroxylation is 1. The van der Waals surface area contributed by atoms with Crippen LogP contribution in [0.15, 0.2) is 48.5 Å². The summed E-state index contributed by atoms with van der Waals surface area (Å²) in [6.45, 7) is 7.21. The Morgan fingerprint density at radius 1 is 1.12 bits per heavy atom. The number of nitrogens with zero attached hydrogens (tertiary/aromatic N) is 1. The molecule has 2 aromatic carbocycles. The van der Waals surface area contributed by atoms with Crippen LogP contribution in [0.5, 0.6) is 0 Å². The minimum atomic E-state index is -0.990. The molecule has 8 nitrogen and oxygen atoms in total. The van der Waals surface area contributed by atoms with Gasteiger partial charge in [0.1, 0.15) is 5.60 Å². The van der Waals surface area contributed by atoms with E-state index in [-0.39, 0.29) is 19.0 Å². The predicted octanol–water partition coefficient (Wildman–Crippen LogP) is 2.86. The summed E-state index contributed by atoms with van der Waals surface area (Å²) < 4.78 is 5.52. The molecule has 0 saturated carbocycles. The van der Waals surface area contributed by atoms with Gasteiger partial charge < -0.3 is 15.4 Å². The summed E-state index contributed by atoms with van der Waals surface area (Å²) in [5.41, 5.74) is 1.76. The third-order valence-electron chi connectivity index (χ3n) is 4.76. The van der Waals surface area contributed by atoms with Gasteiger partial charge in [-0.25, -0.2) is 9.59 Å². The fourth-order valence-electron chi connectivity index (χ4n) is 3.31. The molecule has 4 amide bonds. The van der Waals surface area contributed by atoms with Crippen molar-refractivity contribution in [1.82, 2.24) is 15.5 Å². The van der Waals surface area contributed by atoms with Crippen LogP contribution in [0.2, 0.25) is 0 Å². The number of ether oxygens (including phenoxy) is 1. The van der Waals surface area contributed by atoms with E-state index in [0.717, 1.165) is 10.5 Å². The maximum atomic E-state index is 13.0. The molecule has 0 aliphatic carbocycles. The van der Waals surface area contributed by atoms with Gasteiger partial charge in [0.25, 0.3) is 5.91 Å². The lowest BCUT2D eigenvalue weighted by Crippen LogP contribution is -2.38. The molecule has 32 heavy (non-hydrogen) atoms. The number of imide groups is 1. The third-order valence-corrected chi connectivity index (χ3v) is 4.76. The average molecular weight is 437 g/mol. The fourth-order valence-corrected chi connectivity index (χ4v) is 3.31. The first-order valence-electron chi connectivity index (χ1n) is 10.3. The summed E-state index contributed by atoms with van der Waals surface area (Å²) in [7, 11) is 0. The zero-order valence-corrected chi connectivity index (χ0v) is 18.6. The fraction of sp³-hybridized carbons (Fsp3) is 0.333. The van der Waals surface area contributed by atoms with Gasteiger partial charge in [-0.15, -0.1) is 0 Å². The van der Waals surface area contributed by atoms with E-state index in [4.69, 9.17) is 4.74 Å². The molecule has 0 radical (unpaired) electrons. The van der Waals surface area contributed by atoms with Crippen molar-refractivity contribution in [2.75, 3.05) is 6.54 Å². The molecular formula is C24H27N3O5. The van der Waals surface area contributed by atoms with Gasteiger partial charge in [-0.2, -0.15) is 0 Å². The zero-order valence-electron chi connectivity index (χ0n) is 18.6. The lowest BCUT2D eigenvalue weighted by molar-refractivity contribution is -0.157. The first-order chi connectivity index (χ1) is 15.0. The Balaban J connectivity index is 1.82. The number of rotatable bonds is 6. The second kappa shape index (κ2) is 9.21. The predicted molar refractivity (Wildman–Crippen MR) is 118 cm³/mol. The molecule has 1 aliphatic heterocycles. The van der Waals surface area contributed by atoms with E-state index < -0.39 is 29.6 Å². The normalized spacial score (nSPS) is 14.7. The summed E-state index contributed by atoms with van der Waals surface area (Å²) >= 11 is 0. The minimum Gasteiger partial charge on any atom is -0.458 e. The molecule has 0 aromatic heterocycles. The van der Waals surface area contributed by atoms with Crippen molar-refractivity contribution in [3.63, 3.8) is 0 Å². The van der Waals surface area contributed by atoms with Crippen molar-refractivity contribution in [2.24, 2.45) is 0 Å². The van der Waals surface area contributed by atoms with Crippen molar-refractivity contribution in [3.05, 3.63) is 70.8 Å². The van der Waals surface area contributed by atoms with E-state index in [1.165, 1.54) is 0 Å². The largest absolute Gasteiger partial charge is 0.458 e. The highest BCUT2D eigenvalue weighted by Gasteiger charge is 2.30. The van der Waals surface area contributed by atoms with E-state index in [2.05, 4.69) is 10.6 Å². The third kappa shape index (κ3) is 5.72. The Bertz CT molecular complexity index is 1040. The molecular weight excluding hydrogens is 410 g/mol. The number of carbonyl (C=O) groups is 4. The number of carbonyl (C=O) groups excluding carboxylic acids is 4. The Hall–Kier alpha value is -3.68. The van der Waals surface area contributed by atoms with Crippen LogP contribution >= 0.6 is 0 Å². The SMILES string of the molecule is Cc1cccc(C(NC(=O)c2cccc(CN3C(=O)CNC3=O)c2)C(=O)OC(C)(C)C)c1. The van der Waals surface area contributed by atoms with Crippen LogP contribution in [0.3, 0.4) is 0 Å². The molecule has 168 valence electrons. The highest BCUT2D eigenvalue weighted by Crippen LogP contribution is 2.21. The Kier molecular flexibility index (Phi) is 6.62. The van der Waals surface area contributed by atoms with Crippen molar-refractivity contribution in [1.29, 1.82) is 0 Å². The molecule has 1 aliphatic rings. The summed E-state index contributed by atoms with van der Waals surface area (Å²) in [4.78, 5) is 50.6. The van der Waals surface area contributed by atoms with E-state index in [9.17, 15) is 19.2 Å². The maximum Gasteiger partial charge on any atom is 0.333 e. The summed E-state index contributed by atoms with van der Waals surface area (Å²) in [5, 5.41) is 5.23. The summed E-state index contributed by atoms with van der Waals surface area (Å²) in [6, 6.07) is 12.4. The molecule has 1 unspecified atom stereocenters. The van der Waals surface area contributed by atoms with Gasteiger partial charge in [-0.05, 0) is 51.0 Å². The first-order valence-corrected chi connectivity index (χ1v) is 10.3. The molecule has 0 bridgehead atoms.